The highest BCUT2D eigenvalue weighted by molar-refractivity contribution is 7.99. The lowest BCUT2D eigenvalue weighted by atomic mass is 9.96. The Balaban J connectivity index is 1.62. The average molecular weight is 608 g/mol. The van der Waals surface area contributed by atoms with Crippen molar-refractivity contribution in [2.24, 2.45) is 4.99 Å². The van der Waals surface area contributed by atoms with Gasteiger partial charge in [-0.1, -0.05) is 41.1 Å². The molecule has 2 aromatic heterocycles. The molecule has 0 saturated carbocycles. The topological polar surface area (TPSA) is 130 Å². The number of nitrogens with zero attached hydrogens (tertiary/aromatic N) is 5. The molecule has 2 aromatic carbocycles. The summed E-state index contributed by atoms with van der Waals surface area (Å²) in [7, 11) is 0. The molecule has 5 rings (SSSR count). The van der Waals surface area contributed by atoms with E-state index in [1.807, 2.05) is 0 Å². The minimum absolute atomic E-state index is 0.141. The summed E-state index contributed by atoms with van der Waals surface area (Å²) in [6, 6.07) is 12.4. The first-order valence-electron chi connectivity index (χ1n) is 12.3. The zero-order valence-corrected chi connectivity index (χ0v) is 24.4. The van der Waals surface area contributed by atoms with Gasteiger partial charge in [-0.2, -0.15) is 0 Å². The fourth-order valence-corrected chi connectivity index (χ4v) is 6.23. The fourth-order valence-electron chi connectivity index (χ4n) is 4.26. The van der Waals surface area contributed by atoms with Gasteiger partial charge in [0.2, 0.25) is 0 Å². The molecule has 208 valence electrons. The number of halogens is 1. The van der Waals surface area contributed by atoms with E-state index in [-0.39, 0.29) is 17.4 Å². The molecule has 0 fully saturated rings. The molecule has 41 heavy (non-hydrogen) atoms. The second-order valence-electron chi connectivity index (χ2n) is 9.21. The number of aromatic nitrogens is 3. The Labute approximate surface area is 246 Å². The number of thiazole rings is 1. The number of rotatable bonds is 7. The van der Waals surface area contributed by atoms with Crippen molar-refractivity contribution in [2.75, 3.05) is 0 Å². The van der Waals surface area contributed by atoms with Crippen molar-refractivity contribution in [2.45, 2.75) is 43.0 Å². The van der Waals surface area contributed by atoms with Crippen LogP contribution in [0.25, 0.3) is 6.08 Å². The molecule has 4 aromatic rings. The van der Waals surface area contributed by atoms with Crippen LogP contribution in [0.4, 0.5) is 5.69 Å². The van der Waals surface area contributed by atoms with Crippen LogP contribution in [0.2, 0.25) is 5.02 Å². The second kappa shape index (κ2) is 11.8. The molecule has 0 unspecified atom stereocenters. The van der Waals surface area contributed by atoms with Gasteiger partial charge >= 0.3 is 5.97 Å². The number of carbonyl (C=O) groups excluding carboxylic acids is 1. The van der Waals surface area contributed by atoms with Gasteiger partial charge in [-0.25, -0.2) is 19.8 Å². The first-order chi connectivity index (χ1) is 19.6. The molecule has 3 heterocycles. The van der Waals surface area contributed by atoms with Crippen LogP contribution in [0, 0.1) is 10.1 Å². The minimum Gasteiger partial charge on any atom is -0.459 e. The van der Waals surface area contributed by atoms with Crippen molar-refractivity contribution >= 4 is 52.4 Å². The summed E-state index contributed by atoms with van der Waals surface area (Å²) in [6.45, 7) is 5.19. The number of benzene rings is 2. The Morgan fingerprint density at radius 2 is 1.90 bits per heavy atom. The summed E-state index contributed by atoms with van der Waals surface area (Å²) in [5, 5.41) is 12.8. The standard InChI is InChI=1S/C28H22ClN5O5S2/c1-15(2)39-26(36)23-16(3)32-28-33(24(23)18-6-8-19(29)9-7-18)25(35)22(41-28)14-17-5-10-21(20(13-17)34(37)38)40-27-30-11-4-12-31-27/h4-15,24H,1-3H3/b22-14+/t24-/m1/s1. The third kappa shape index (κ3) is 5.99. The van der Waals surface area contributed by atoms with E-state index in [0.29, 0.717) is 41.2 Å². The first kappa shape index (κ1) is 28.4. The quantitative estimate of drug-likeness (QED) is 0.128. The first-order valence-corrected chi connectivity index (χ1v) is 14.4. The predicted molar refractivity (Wildman–Crippen MR) is 156 cm³/mol. The number of fused-ring (bicyclic) bond motifs is 1. The molecule has 1 aliphatic rings. The molecule has 0 saturated heterocycles. The van der Waals surface area contributed by atoms with Crippen LogP contribution < -0.4 is 14.9 Å². The Morgan fingerprint density at radius 1 is 1.20 bits per heavy atom. The summed E-state index contributed by atoms with van der Waals surface area (Å²) in [4.78, 5) is 52.0. The van der Waals surface area contributed by atoms with Gasteiger partial charge in [0, 0.05) is 23.5 Å². The van der Waals surface area contributed by atoms with Crippen LogP contribution in [-0.2, 0) is 9.53 Å². The summed E-state index contributed by atoms with van der Waals surface area (Å²) >= 11 is 8.32. The van der Waals surface area contributed by atoms with Crippen LogP contribution in [0.1, 0.15) is 37.9 Å². The van der Waals surface area contributed by atoms with Crippen LogP contribution in [0.5, 0.6) is 0 Å². The van der Waals surface area contributed by atoms with Crippen molar-refractivity contribution in [3.8, 4) is 0 Å². The van der Waals surface area contributed by atoms with Gasteiger partial charge in [0.15, 0.2) is 9.96 Å². The van der Waals surface area contributed by atoms with Crippen molar-refractivity contribution in [3.63, 3.8) is 0 Å². The number of nitro groups is 1. The SMILES string of the molecule is CC1=C(C(=O)OC(C)C)[C@@H](c2ccc(Cl)cc2)n2c(s/c(=C/c3ccc(Sc4ncccn4)c([N+](=O)[O-])c3)c2=O)=N1. The van der Waals surface area contributed by atoms with E-state index in [1.165, 1.54) is 10.6 Å². The van der Waals surface area contributed by atoms with Crippen LogP contribution in [0.3, 0.4) is 0 Å². The smallest absolute Gasteiger partial charge is 0.338 e. The van der Waals surface area contributed by atoms with E-state index in [4.69, 9.17) is 16.3 Å². The molecule has 13 heteroatoms. The number of hydrogen-bond donors (Lipinski definition) is 0. The fraction of sp³-hybridized carbons (Fsp3) is 0.179. The number of hydrogen-bond acceptors (Lipinski definition) is 10. The van der Waals surface area contributed by atoms with E-state index in [9.17, 15) is 19.7 Å². The molecule has 0 aliphatic carbocycles. The van der Waals surface area contributed by atoms with Crippen molar-refractivity contribution in [1.82, 2.24) is 14.5 Å². The maximum Gasteiger partial charge on any atom is 0.338 e. The molecule has 0 spiro atoms. The van der Waals surface area contributed by atoms with E-state index >= 15 is 0 Å². The molecular weight excluding hydrogens is 586 g/mol. The van der Waals surface area contributed by atoms with Crippen LogP contribution >= 0.6 is 34.7 Å². The van der Waals surface area contributed by atoms with Gasteiger partial charge in [-0.3, -0.25) is 19.5 Å². The molecule has 0 amide bonds. The summed E-state index contributed by atoms with van der Waals surface area (Å²) in [5.74, 6) is -0.568. The number of allylic oxidation sites excluding steroid dienone is 1. The molecular formula is C28H22ClN5O5S2. The maximum absolute atomic E-state index is 13.8. The third-order valence-corrected chi connectivity index (χ3v) is 8.18. The number of nitro benzene ring substituents is 1. The van der Waals surface area contributed by atoms with Gasteiger partial charge in [-0.05, 0) is 74.0 Å². The number of ether oxygens (including phenoxy) is 1. The van der Waals surface area contributed by atoms with E-state index in [1.54, 1.807) is 81.7 Å². The Bertz CT molecular complexity index is 1870. The highest BCUT2D eigenvalue weighted by atomic mass is 35.5. The Morgan fingerprint density at radius 3 is 2.56 bits per heavy atom. The van der Waals surface area contributed by atoms with E-state index < -0.39 is 22.5 Å². The third-order valence-electron chi connectivity index (χ3n) is 5.99. The molecule has 0 radical (unpaired) electrons. The van der Waals surface area contributed by atoms with Crippen LogP contribution in [0.15, 0.2) is 92.0 Å². The lowest BCUT2D eigenvalue weighted by Crippen LogP contribution is -2.40. The van der Waals surface area contributed by atoms with Gasteiger partial charge in [-0.15, -0.1) is 0 Å². The summed E-state index contributed by atoms with van der Waals surface area (Å²) in [5.41, 5.74) is 1.27. The maximum atomic E-state index is 13.8. The highest BCUT2D eigenvalue weighted by Gasteiger charge is 2.33. The molecule has 10 nitrogen and oxygen atoms in total. The zero-order chi connectivity index (χ0) is 29.3. The van der Waals surface area contributed by atoms with Gasteiger partial charge < -0.3 is 4.74 Å². The van der Waals surface area contributed by atoms with Crippen LogP contribution in [-0.4, -0.2) is 31.5 Å². The Kier molecular flexibility index (Phi) is 8.15. The van der Waals surface area contributed by atoms with E-state index in [0.717, 1.165) is 23.1 Å². The lowest BCUT2D eigenvalue weighted by Gasteiger charge is -2.25. The molecule has 1 atom stereocenters. The second-order valence-corrected chi connectivity index (χ2v) is 11.7. The Hall–Kier alpha value is -4.13. The van der Waals surface area contributed by atoms with Gasteiger partial charge in [0.1, 0.15) is 0 Å². The van der Waals surface area contributed by atoms with Gasteiger partial charge in [0.05, 0.1) is 37.8 Å². The van der Waals surface area contributed by atoms with Crippen molar-refractivity contribution in [1.29, 1.82) is 0 Å². The van der Waals surface area contributed by atoms with Crippen molar-refractivity contribution < 1.29 is 14.5 Å². The molecule has 1 aliphatic heterocycles. The minimum atomic E-state index is -0.795. The van der Waals surface area contributed by atoms with E-state index in [2.05, 4.69) is 15.0 Å². The van der Waals surface area contributed by atoms with Gasteiger partial charge in [0.25, 0.3) is 11.2 Å². The normalized spacial score (nSPS) is 15.0. The lowest BCUT2D eigenvalue weighted by molar-refractivity contribution is -0.387. The summed E-state index contributed by atoms with van der Waals surface area (Å²) < 4.78 is 7.26. The largest absolute Gasteiger partial charge is 0.459 e. The molecule has 0 bridgehead atoms. The predicted octanol–water partition coefficient (Wildman–Crippen LogP) is 4.69. The zero-order valence-electron chi connectivity index (χ0n) is 22.0. The summed E-state index contributed by atoms with van der Waals surface area (Å²) in [6.07, 6.45) is 4.32. The highest BCUT2D eigenvalue weighted by Crippen LogP contribution is 2.34. The average Bonchev–Trinajstić information content (AvgIpc) is 3.23. The number of carbonyl (C=O) groups is 1. The monoisotopic (exact) mass is 607 g/mol. The number of esters is 1. The van der Waals surface area contributed by atoms with Crippen molar-refractivity contribution in [3.05, 3.63) is 118 Å². The molecule has 0 N–H and O–H groups in total.